The Morgan fingerprint density at radius 2 is 2.05 bits per heavy atom. The molecule has 1 aromatic heterocycles. The van der Waals surface area contributed by atoms with Crippen LogP contribution in [0.1, 0.15) is 29.2 Å². The molecule has 0 radical (unpaired) electrons. The zero-order valence-electron chi connectivity index (χ0n) is 11.2. The van der Waals surface area contributed by atoms with Crippen LogP contribution in [-0.4, -0.2) is 16.7 Å². The van der Waals surface area contributed by atoms with Crippen LogP contribution in [0.5, 0.6) is 0 Å². The first-order valence-corrected chi connectivity index (χ1v) is 6.90. The van der Waals surface area contributed by atoms with E-state index in [9.17, 15) is 8.78 Å². The molecule has 0 spiro atoms. The van der Waals surface area contributed by atoms with Crippen molar-refractivity contribution in [3.8, 4) is 0 Å². The molecule has 1 atom stereocenters. The fraction of sp³-hybridized carbons (Fsp3) is 0.188. The molecule has 1 unspecified atom stereocenters. The van der Waals surface area contributed by atoms with Crippen molar-refractivity contribution in [2.75, 3.05) is 11.9 Å². The van der Waals surface area contributed by atoms with Gasteiger partial charge in [0.25, 0.3) is 0 Å². The van der Waals surface area contributed by atoms with E-state index in [0.29, 0.717) is 0 Å². The molecule has 21 heavy (non-hydrogen) atoms. The van der Waals surface area contributed by atoms with Gasteiger partial charge in [-0.05, 0) is 29.7 Å². The minimum Gasteiger partial charge on any atom is -0.368 e. The molecule has 3 nitrogen and oxygen atoms in total. The summed E-state index contributed by atoms with van der Waals surface area (Å²) < 4.78 is 26.7. The number of aromatic amines is 1. The molecule has 5 heteroatoms. The number of nitrogens with one attached hydrogen (secondary N) is 2. The van der Waals surface area contributed by atoms with Crippen molar-refractivity contribution in [1.29, 1.82) is 0 Å². The van der Waals surface area contributed by atoms with Crippen LogP contribution in [0, 0.1) is 11.6 Å². The predicted molar refractivity (Wildman–Crippen MR) is 77.0 cm³/mol. The molecule has 2 heterocycles. The second-order valence-electron chi connectivity index (χ2n) is 5.28. The van der Waals surface area contributed by atoms with Gasteiger partial charge < -0.3 is 5.32 Å². The van der Waals surface area contributed by atoms with Crippen molar-refractivity contribution in [3.63, 3.8) is 0 Å². The molecule has 2 aliphatic rings. The maximum atomic E-state index is 13.5. The summed E-state index contributed by atoms with van der Waals surface area (Å²) in [7, 11) is 0. The van der Waals surface area contributed by atoms with Crippen LogP contribution in [0.15, 0.2) is 36.4 Å². The Bertz CT molecular complexity index is 774. The molecular formula is C16H13F2N3. The van der Waals surface area contributed by atoms with Crippen molar-refractivity contribution in [2.24, 2.45) is 0 Å². The standard InChI is InChI=1S/C16H13F2N3/c17-12-5-4-10(8-13(12)18)11-6-7-19-16-14(11)15(20-21-16)9-2-1-3-9/h1-5,8,11H,6-7H2,(H2,19,20,21). The maximum absolute atomic E-state index is 13.5. The Hall–Kier alpha value is -2.43. The third kappa shape index (κ3) is 1.88. The third-order valence-electron chi connectivity index (χ3n) is 4.06. The highest BCUT2D eigenvalue weighted by molar-refractivity contribution is 5.83. The number of allylic oxidation sites excluding steroid dienone is 4. The molecule has 0 saturated carbocycles. The average Bonchev–Trinajstić information content (AvgIpc) is 2.84. The first-order valence-electron chi connectivity index (χ1n) is 6.90. The second kappa shape index (κ2) is 4.55. The topological polar surface area (TPSA) is 40.7 Å². The zero-order valence-corrected chi connectivity index (χ0v) is 11.2. The number of aromatic nitrogens is 2. The van der Waals surface area contributed by atoms with Gasteiger partial charge in [0, 0.05) is 18.0 Å². The Labute approximate surface area is 120 Å². The van der Waals surface area contributed by atoms with Gasteiger partial charge in [-0.15, -0.1) is 0 Å². The van der Waals surface area contributed by atoms with E-state index < -0.39 is 11.6 Å². The van der Waals surface area contributed by atoms with Gasteiger partial charge >= 0.3 is 0 Å². The predicted octanol–water partition coefficient (Wildman–Crippen LogP) is 3.59. The van der Waals surface area contributed by atoms with Crippen LogP contribution >= 0.6 is 0 Å². The van der Waals surface area contributed by atoms with Crippen LogP contribution in [0.2, 0.25) is 0 Å². The molecular weight excluding hydrogens is 272 g/mol. The summed E-state index contributed by atoms with van der Waals surface area (Å²) in [5, 5.41) is 10.6. The van der Waals surface area contributed by atoms with Gasteiger partial charge in [0.1, 0.15) is 0 Å². The number of anilines is 1. The van der Waals surface area contributed by atoms with E-state index in [4.69, 9.17) is 0 Å². The lowest BCUT2D eigenvalue weighted by atomic mass is 9.84. The minimum absolute atomic E-state index is 0.0139. The molecule has 106 valence electrons. The molecule has 0 saturated heterocycles. The molecule has 1 aliphatic heterocycles. The van der Waals surface area contributed by atoms with Gasteiger partial charge in [-0.2, -0.15) is 5.10 Å². The van der Waals surface area contributed by atoms with E-state index in [1.54, 1.807) is 6.07 Å². The van der Waals surface area contributed by atoms with Gasteiger partial charge in [0.2, 0.25) is 0 Å². The van der Waals surface area contributed by atoms with E-state index in [2.05, 4.69) is 15.5 Å². The van der Waals surface area contributed by atoms with E-state index in [0.717, 1.165) is 41.2 Å². The number of nitrogens with zero attached hydrogens (tertiary/aromatic N) is 1. The lowest BCUT2D eigenvalue weighted by Crippen LogP contribution is -2.18. The number of rotatable bonds is 2. The first kappa shape index (κ1) is 12.3. The number of fused-ring (bicyclic) bond motifs is 1. The summed E-state index contributed by atoms with van der Waals surface area (Å²) in [4.78, 5) is 0. The normalized spacial score (nSPS) is 19.5. The fourth-order valence-corrected chi connectivity index (χ4v) is 2.95. The van der Waals surface area contributed by atoms with Crippen LogP contribution in [0.4, 0.5) is 14.6 Å². The van der Waals surface area contributed by atoms with Gasteiger partial charge in [-0.25, -0.2) is 8.78 Å². The average molecular weight is 285 g/mol. The van der Waals surface area contributed by atoms with Crippen molar-refractivity contribution in [1.82, 2.24) is 10.2 Å². The Morgan fingerprint density at radius 3 is 2.76 bits per heavy atom. The van der Waals surface area contributed by atoms with Crippen molar-refractivity contribution < 1.29 is 8.78 Å². The Morgan fingerprint density at radius 1 is 1.19 bits per heavy atom. The van der Waals surface area contributed by atoms with Crippen molar-refractivity contribution in [3.05, 3.63) is 64.9 Å². The molecule has 0 amide bonds. The number of hydrogen-bond acceptors (Lipinski definition) is 2. The number of halogens is 2. The van der Waals surface area contributed by atoms with E-state index in [1.807, 2.05) is 18.2 Å². The summed E-state index contributed by atoms with van der Waals surface area (Å²) in [5.74, 6) is -0.808. The van der Waals surface area contributed by atoms with Gasteiger partial charge in [-0.1, -0.05) is 24.3 Å². The molecule has 0 bridgehead atoms. The van der Waals surface area contributed by atoms with Gasteiger partial charge in [-0.3, -0.25) is 5.10 Å². The minimum atomic E-state index is -0.815. The smallest absolute Gasteiger partial charge is 0.159 e. The highest BCUT2D eigenvalue weighted by atomic mass is 19.2. The molecule has 2 aromatic rings. The lowest BCUT2D eigenvalue weighted by Gasteiger charge is -2.25. The molecule has 4 rings (SSSR count). The van der Waals surface area contributed by atoms with Gasteiger partial charge in [0.05, 0.1) is 5.69 Å². The Balaban J connectivity index is 1.82. The molecule has 2 N–H and O–H groups in total. The van der Waals surface area contributed by atoms with Crippen LogP contribution in [0.25, 0.3) is 5.57 Å². The summed E-state index contributed by atoms with van der Waals surface area (Å²) >= 11 is 0. The summed E-state index contributed by atoms with van der Waals surface area (Å²) in [5.41, 5.74) is 3.85. The largest absolute Gasteiger partial charge is 0.368 e. The second-order valence-corrected chi connectivity index (χ2v) is 5.28. The zero-order chi connectivity index (χ0) is 14.4. The van der Waals surface area contributed by atoms with E-state index >= 15 is 0 Å². The monoisotopic (exact) mass is 285 g/mol. The quantitative estimate of drug-likeness (QED) is 0.885. The lowest BCUT2D eigenvalue weighted by molar-refractivity contribution is 0.505. The van der Waals surface area contributed by atoms with Gasteiger partial charge in [0.15, 0.2) is 17.5 Å². The Kier molecular flexibility index (Phi) is 2.67. The number of benzene rings is 1. The fourth-order valence-electron chi connectivity index (χ4n) is 2.95. The molecule has 1 aromatic carbocycles. The van der Waals surface area contributed by atoms with E-state index in [-0.39, 0.29) is 5.92 Å². The van der Waals surface area contributed by atoms with Crippen LogP contribution < -0.4 is 5.32 Å². The molecule has 1 aliphatic carbocycles. The van der Waals surface area contributed by atoms with Crippen molar-refractivity contribution >= 4 is 11.4 Å². The van der Waals surface area contributed by atoms with E-state index in [1.165, 1.54) is 12.1 Å². The highest BCUT2D eigenvalue weighted by Gasteiger charge is 2.29. The van der Waals surface area contributed by atoms with Crippen LogP contribution in [-0.2, 0) is 0 Å². The van der Waals surface area contributed by atoms with Crippen LogP contribution in [0.3, 0.4) is 0 Å². The number of H-pyrrole nitrogens is 1. The maximum Gasteiger partial charge on any atom is 0.159 e. The first-order chi connectivity index (χ1) is 10.2. The number of hydrogen-bond donors (Lipinski definition) is 2. The summed E-state index contributed by atoms with van der Waals surface area (Å²) in [6, 6.07) is 4.13. The summed E-state index contributed by atoms with van der Waals surface area (Å²) in [6.45, 7) is 0.760. The summed E-state index contributed by atoms with van der Waals surface area (Å²) in [6.07, 6.45) is 6.79. The highest BCUT2D eigenvalue weighted by Crippen LogP contribution is 2.41. The third-order valence-corrected chi connectivity index (χ3v) is 4.06. The molecule has 0 fully saturated rings. The van der Waals surface area contributed by atoms with Crippen molar-refractivity contribution in [2.45, 2.75) is 12.3 Å². The SMILES string of the molecule is Fc1ccc(C2CCNc3n[nH]c(C4=CC=C4)c32)cc1F.